The van der Waals surface area contributed by atoms with Crippen molar-refractivity contribution >= 4 is 22.8 Å². The van der Waals surface area contributed by atoms with Crippen LogP contribution in [0.1, 0.15) is 16.1 Å². The Bertz CT molecular complexity index is 999. The molecule has 0 N–H and O–H groups in total. The summed E-state index contributed by atoms with van der Waals surface area (Å²) >= 11 is 0. The van der Waals surface area contributed by atoms with Crippen molar-refractivity contribution in [1.82, 2.24) is 0 Å². The summed E-state index contributed by atoms with van der Waals surface area (Å²) in [6, 6.07) is 10.6. The lowest BCUT2D eigenvalue weighted by Crippen LogP contribution is -1.95. The van der Waals surface area contributed by atoms with Gasteiger partial charge in [-0.1, -0.05) is 12.1 Å². The minimum absolute atomic E-state index is 0.227. The number of para-hydroxylation sites is 1. The van der Waals surface area contributed by atoms with Crippen LogP contribution in [0.3, 0.4) is 0 Å². The van der Waals surface area contributed by atoms with Gasteiger partial charge in [0.2, 0.25) is 5.78 Å². The Morgan fingerprint density at radius 2 is 1.52 bits per heavy atom. The van der Waals surface area contributed by atoms with Gasteiger partial charge in [-0.2, -0.15) is 0 Å². The highest BCUT2D eigenvalue weighted by Crippen LogP contribution is 2.35. The van der Waals surface area contributed by atoms with E-state index < -0.39 is 0 Å². The molecule has 0 spiro atoms. The number of fused-ring (bicyclic) bond motifs is 1. The van der Waals surface area contributed by atoms with E-state index >= 15 is 0 Å². The van der Waals surface area contributed by atoms with Crippen molar-refractivity contribution in [1.29, 1.82) is 0 Å². The van der Waals surface area contributed by atoms with E-state index in [0.29, 0.717) is 34.1 Å². The van der Waals surface area contributed by atoms with Crippen molar-refractivity contribution in [2.75, 3.05) is 28.4 Å². The van der Waals surface area contributed by atoms with E-state index in [2.05, 4.69) is 0 Å². The molecule has 0 amide bonds. The van der Waals surface area contributed by atoms with Gasteiger partial charge in [0, 0.05) is 17.0 Å². The zero-order valence-electron chi connectivity index (χ0n) is 15.6. The highest BCUT2D eigenvalue weighted by atomic mass is 16.5. The highest BCUT2D eigenvalue weighted by molar-refractivity contribution is 6.07. The van der Waals surface area contributed by atoms with Crippen molar-refractivity contribution in [3.05, 3.63) is 53.8 Å². The van der Waals surface area contributed by atoms with E-state index in [9.17, 15) is 4.79 Å². The molecule has 0 unspecified atom stereocenters. The van der Waals surface area contributed by atoms with Gasteiger partial charge in [-0.05, 0) is 30.4 Å². The molecule has 0 radical (unpaired) electrons. The van der Waals surface area contributed by atoms with Gasteiger partial charge in [-0.3, -0.25) is 4.79 Å². The van der Waals surface area contributed by atoms with Gasteiger partial charge >= 0.3 is 0 Å². The van der Waals surface area contributed by atoms with Gasteiger partial charge in [-0.25, -0.2) is 0 Å². The Morgan fingerprint density at radius 3 is 2.19 bits per heavy atom. The molecule has 0 aliphatic heterocycles. The molecule has 0 aliphatic rings. The molecule has 0 bridgehead atoms. The molecule has 3 rings (SSSR count). The van der Waals surface area contributed by atoms with E-state index in [1.165, 1.54) is 6.08 Å². The third kappa shape index (κ3) is 3.60. The average Bonchev–Trinajstić information content (AvgIpc) is 3.15. The predicted molar refractivity (Wildman–Crippen MR) is 102 cm³/mol. The number of carbonyl (C=O) groups excluding carboxylic acids is 1. The van der Waals surface area contributed by atoms with Crippen LogP contribution < -0.4 is 18.9 Å². The van der Waals surface area contributed by atoms with Crippen LogP contribution >= 0.6 is 0 Å². The summed E-state index contributed by atoms with van der Waals surface area (Å²) in [6.07, 6.45) is 3.07. The normalized spacial score (nSPS) is 11.0. The van der Waals surface area contributed by atoms with Gasteiger partial charge in [0.1, 0.15) is 5.75 Å². The third-order valence-corrected chi connectivity index (χ3v) is 4.12. The summed E-state index contributed by atoms with van der Waals surface area (Å²) in [4.78, 5) is 12.5. The fourth-order valence-corrected chi connectivity index (χ4v) is 2.75. The lowest BCUT2D eigenvalue weighted by molar-refractivity contribution is 0.102. The molecule has 27 heavy (non-hydrogen) atoms. The molecule has 6 heteroatoms. The monoisotopic (exact) mass is 368 g/mol. The number of carbonyl (C=O) groups is 1. The summed E-state index contributed by atoms with van der Waals surface area (Å²) < 4.78 is 26.9. The Hall–Kier alpha value is -3.41. The van der Waals surface area contributed by atoms with E-state index in [-0.39, 0.29) is 11.5 Å². The van der Waals surface area contributed by atoms with Crippen LogP contribution in [0.25, 0.3) is 17.0 Å². The molecule has 0 saturated heterocycles. The number of benzene rings is 2. The molecule has 0 atom stereocenters. The second kappa shape index (κ2) is 7.86. The number of rotatable bonds is 7. The van der Waals surface area contributed by atoms with E-state index in [1.807, 2.05) is 12.1 Å². The molecule has 1 heterocycles. The molecule has 140 valence electrons. The first-order valence-corrected chi connectivity index (χ1v) is 8.20. The maximum atomic E-state index is 12.5. The molecule has 6 nitrogen and oxygen atoms in total. The number of ether oxygens (including phenoxy) is 4. The molecule has 0 aliphatic carbocycles. The minimum Gasteiger partial charge on any atom is -0.496 e. The van der Waals surface area contributed by atoms with Crippen molar-refractivity contribution in [3.8, 4) is 23.0 Å². The Balaban J connectivity index is 1.93. The third-order valence-electron chi connectivity index (χ3n) is 4.12. The number of hydrogen-bond acceptors (Lipinski definition) is 6. The maximum absolute atomic E-state index is 12.5. The van der Waals surface area contributed by atoms with Crippen molar-refractivity contribution in [3.63, 3.8) is 0 Å². The van der Waals surface area contributed by atoms with Crippen molar-refractivity contribution in [2.45, 2.75) is 0 Å². The molecule has 0 saturated carbocycles. The van der Waals surface area contributed by atoms with Gasteiger partial charge < -0.3 is 23.4 Å². The number of ketones is 1. The van der Waals surface area contributed by atoms with Gasteiger partial charge in [0.05, 0.1) is 28.4 Å². The first-order valence-electron chi connectivity index (χ1n) is 8.20. The first-order chi connectivity index (χ1) is 13.1. The number of allylic oxidation sites excluding steroid dienone is 1. The number of furan rings is 1. The Morgan fingerprint density at radius 1 is 0.852 bits per heavy atom. The van der Waals surface area contributed by atoms with Gasteiger partial charge in [0.15, 0.2) is 28.6 Å². The highest BCUT2D eigenvalue weighted by Gasteiger charge is 2.14. The van der Waals surface area contributed by atoms with Crippen LogP contribution in [-0.4, -0.2) is 34.2 Å². The van der Waals surface area contributed by atoms with Crippen LogP contribution in [0, 0.1) is 0 Å². The molecule has 1 aromatic heterocycles. The van der Waals surface area contributed by atoms with Crippen LogP contribution in [-0.2, 0) is 0 Å². The average molecular weight is 368 g/mol. The standard InChI is InChI=1S/C21H20O6/c1-23-16-7-5-6-14-11-18(27-21(14)16)15(22)9-8-13-10-19(25-3)20(26-4)12-17(13)24-2/h5-12H,1-4H3/b9-8+. The molecular weight excluding hydrogens is 348 g/mol. The van der Waals surface area contributed by atoms with Gasteiger partial charge in [0.25, 0.3) is 0 Å². The van der Waals surface area contributed by atoms with Crippen LogP contribution in [0.4, 0.5) is 0 Å². The summed E-state index contributed by atoms with van der Waals surface area (Å²) in [6.45, 7) is 0. The topological polar surface area (TPSA) is 67.1 Å². The molecule has 3 aromatic rings. The largest absolute Gasteiger partial charge is 0.496 e. The Kier molecular flexibility index (Phi) is 5.35. The van der Waals surface area contributed by atoms with Crippen LogP contribution in [0.5, 0.6) is 23.0 Å². The van der Waals surface area contributed by atoms with Crippen molar-refractivity contribution in [2.24, 2.45) is 0 Å². The molecule has 0 fully saturated rings. The number of hydrogen-bond donors (Lipinski definition) is 0. The summed E-state index contributed by atoms with van der Waals surface area (Å²) in [5.74, 6) is 2.18. The molecule has 2 aromatic carbocycles. The zero-order chi connectivity index (χ0) is 19.4. The smallest absolute Gasteiger partial charge is 0.221 e. The molecular formula is C21H20O6. The van der Waals surface area contributed by atoms with Crippen LogP contribution in [0.2, 0.25) is 0 Å². The van der Waals surface area contributed by atoms with Crippen LogP contribution in [0.15, 0.2) is 46.9 Å². The summed E-state index contributed by atoms with van der Waals surface area (Å²) in [5.41, 5.74) is 1.22. The van der Waals surface area contributed by atoms with E-state index in [4.69, 9.17) is 23.4 Å². The zero-order valence-corrected chi connectivity index (χ0v) is 15.6. The predicted octanol–water partition coefficient (Wildman–Crippen LogP) is 4.36. The lowest BCUT2D eigenvalue weighted by Gasteiger charge is -2.11. The first kappa shape index (κ1) is 18.4. The van der Waals surface area contributed by atoms with Crippen molar-refractivity contribution < 1.29 is 28.2 Å². The summed E-state index contributed by atoms with van der Waals surface area (Å²) in [7, 11) is 6.20. The minimum atomic E-state index is -0.273. The maximum Gasteiger partial charge on any atom is 0.221 e. The second-order valence-electron chi connectivity index (χ2n) is 5.64. The quantitative estimate of drug-likeness (QED) is 0.456. The summed E-state index contributed by atoms with van der Waals surface area (Å²) in [5, 5.41) is 0.801. The van der Waals surface area contributed by atoms with E-state index in [0.717, 1.165) is 5.39 Å². The fourth-order valence-electron chi connectivity index (χ4n) is 2.75. The second-order valence-corrected chi connectivity index (χ2v) is 5.64. The SMILES string of the molecule is COc1cc(OC)c(OC)cc1/C=C/C(=O)c1cc2cccc(OC)c2o1. The fraction of sp³-hybridized carbons (Fsp3) is 0.190. The number of methoxy groups -OCH3 is 4. The lowest BCUT2D eigenvalue weighted by atomic mass is 10.1. The Labute approximate surface area is 156 Å². The van der Waals surface area contributed by atoms with Gasteiger partial charge in [-0.15, -0.1) is 0 Å². The van der Waals surface area contributed by atoms with E-state index in [1.54, 1.807) is 58.8 Å².